The summed E-state index contributed by atoms with van der Waals surface area (Å²) in [6, 6.07) is 6.99. The summed E-state index contributed by atoms with van der Waals surface area (Å²) in [4.78, 5) is 0. The summed E-state index contributed by atoms with van der Waals surface area (Å²) in [5, 5.41) is 4.46. The van der Waals surface area contributed by atoms with Crippen LogP contribution in [0.5, 0.6) is 0 Å². The zero-order valence-corrected chi connectivity index (χ0v) is 9.98. The standard InChI is InChI=1S/C13H18ClN/c1-10-6-7-11(13(14)8-10)9-15-12-4-2-3-5-12/h6-8,12,15H,2-5,9H2,1H3. The number of hydrogen-bond donors (Lipinski definition) is 1. The average molecular weight is 224 g/mol. The van der Waals surface area contributed by atoms with Crippen molar-refractivity contribution in [2.24, 2.45) is 0 Å². The second-order valence-electron chi connectivity index (χ2n) is 4.46. The maximum absolute atomic E-state index is 6.17. The van der Waals surface area contributed by atoms with Crippen molar-refractivity contribution in [1.82, 2.24) is 5.32 Å². The quantitative estimate of drug-likeness (QED) is 0.825. The molecule has 0 spiro atoms. The Labute approximate surface area is 96.8 Å². The minimum atomic E-state index is 0.711. The van der Waals surface area contributed by atoms with Gasteiger partial charge in [-0.25, -0.2) is 0 Å². The first kappa shape index (κ1) is 11.0. The number of rotatable bonds is 3. The fraction of sp³-hybridized carbons (Fsp3) is 0.538. The summed E-state index contributed by atoms with van der Waals surface area (Å²) in [7, 11) is 0. The lowest BCUT2D eigenvalue weighted by Gasteiger charge is -2.12. The first-order valence-corrected chi connectivity index (χ1v) is 6.12. The number of benzene rings is 1. The van der Waals surface area contributed by atoms with Crippen LogP contribution in [0.15, 0.2) is 18.2 Å². The van der Waals surface area contributed by atoms with Gasteiger partial charge in [-0.15, -0.1) is 0 Å². The molecule has 0 aromatic heterocycles. The van der Waals surface area contributed by atoms with Gasteiger partial charge in [-0.2, -0.15) is 0 Å². The summed E-state index contributed by atoms with van der Waals surface area (Å²) in [6.07, 6.45) is 5.39. The highest BCUT2D eigenvalue weighted by molar-refractivity contribution is 6.31. The topological polar surface area (TPSA) is 12.0 Å². The van der Waals surface area contributed by atoms with Gasteiger partial charge in [-0.05, 0) is 37.0 Å². The van der Waals surface area contributed by atoms with E-state index in [9.17, 15) is 0 Å². The molecule has 1 aliphatic carbocycles. The fourth-order valence-electron chi connectivity index (χ4n) is 2.18. The normalized spacial score (nSPS) is 17.2. The summed E-state index contributed by atoms with van der Waals surface area (Å²) in [5.41, 5.74) is 2.44. The van der Waals surface area contributed by atoms with E-state index in [1.807, 2.05) is 6.07 Å². The average Bonchev–Trinajstić information content (AvgIpc) is 2.69. The minimum absolute atomic E-state index is 0.711. The van der Waals surface area contributed by atoms with Gasteiger partial charge < -0.3 is 5.32 Å². The monoisotopic (exact) mass is 223 g/mol. The Morgan fingerprint density at radius 1 is 1.33 bits per heavy atom. The van der Waals surface area contributed by atoms with Gasteiger partial charge >= 0.3 is 0 Å². The van der Waals surface area contributed by atoms with Crippen LogP contribution in [-0.2, 0) is 6.54 Å². The number of halogens is 1. The molecule has 1 saturated carbocycles. The largest absolute Gasteiger partial charge is 0.310 e. The van der Waals surface area contributed by atoms with E-state index in [-0.39, 0.29) is 0 Å². The van der Waals surface area contributed by atoms with Crippen LogP contribution >= 0.6 is 11.6 Å². The number of hydrogen-bond acceptors (Lipinski definition) is 1. The molecule has 15 heavy (non-hydrogen) atoms. The van der Waals surface area contributed by atoms with Crippen molar-refractivity contribution in [3.63, 3.8) is 0 Å². The van der Waals surface area contributed by atoms with Gasteiger partial charge in [0.2, 0.25) is 0 Å². The van der Waals surface area contributed by atoms with E-state index in [0.717, 1.165) is 11.6 Å². The van der Waals surface area contributed by atoms with Crippen LogP contribution in [0.3, 0.4) is 0 Å². The molecule has 0 unspecified atom stereocenters. The predicted molar refractivity (Wildman–Crippen MR) is 65.3 cm³/mol. The fourth-order valence-corrected chi connectivity index (χ4v) is 2.48. The van der Waals surface area contributed by atoms with Crippen LogP contribution < -0.4 is 5.32 Å². The molecule has 82 valence electrons. The van der Waals surface area contributed by atoms with Crippen molar-refractivity contribution < 1.29 is 0 Å². The van der Waals surface area contributed by atoms with Crippen molar-refractivity contribution >= 4 is 11.6 Å². The van der Waals surface area contributed by atoms with Crippen molar-refractivity contribution in [3.05, 3.63) is 34.3 Å². The molecule has 1 aliphatic rings. The molecule has 1 N–H and O–H groups in total. The third-order valence-electron chi connectivity index (χ3n) is 3.14. The van der Waals surface area contributed by atoms with Crippen LogP contribution in [0.25, 0.3) is 0 Å². The van der Waals surface area contributed by atoms with Gasteiger partial charge in [-0.3, -0.25) is 0 Å². The molecule has 1 aromatic rings. The van der Waals surface area contributed by atoms with E-state index in [0.29, 0.717) is 6.04 Å². The third-order valence-corrected chi connectivity index (χ3v) is 3.50. The summed E-state index contributed by atoms with van der Waals surface area (Å²) >= 11 is 6.17. The van der Waals surface area contributed by atoms with Gasteiger partial charge in [0, 0.05) is 17.6 Å². The predicted octanol–water partition coefficient (Wildman–Crippen LogP) is 3.68. The SMILES string of the molecule is Cc1ccc(CNC2CCCC2)c(Cl)c1. The Morgan fingerprint density at radius 2 is 2.07 bits per heavy atom. The summed E-state index contributed by atoms with van der Waals surface area (Å²) < 4.78 is 0. The maximum atomic E-state index is 6.17. The summed E-state index contributed by atoms with van der Waals surface area (Å²) in [5.74, 6) is 0. The van der Waals surface area contributed by atoms with Crippen LogP contribution in [-0.4, -0.2) is 6.04 Å². The van der Waals surface area contributed by atoms with Crippen molar-refractivity contribution in [2.45, 2.75) is 45.2 Å². The first-order chi connectivity index (χ1) is 7.25. The van der Waals surface area contributed by atoms with E-state index in [1.165, 1.54) is 36.8 Å². The smallest absolute Gasteiger partial charge is 0.0453 e. The molecule has 0 heterocycles. The summed E-state index contributed by atoms with van der Waals surface area (Å²) in [6.45, 7) is 2.98. The molecule has 2 rings (SSSR count). The van der Waals surface area contributed by atoms with Crippen LogP contribution in [0.2, 0.25) is 5.02 Å². The van der Waals surface area contributed by atoms with Gasteiger partial charge in [0.05, 0.1) is 0 Å². The highest BCUT2D eigenvalue weighted by atomic mass is 35.5. The Morgan fingerprint density at radius 3 is 2.73 bits per heavy atom. The third kappa shape index (κ3) is 2.96. The molecule has 1 aromatic carbocycles. The van der Waals surface area contributed by atoms with E-state index in [4.69, 9.17) is 11.6 Å². The zero-order chi connectivity index (χ0) is 10.7. The molecule has 0 radical (unpaired) electrons. The van der Waals surface area contributed by atoms with E-state index >= 15 is 0 Å². The Balaban J connectivity index is 1.92. The number of aryl methyl sites for hydroxylation is 1. The van der Waals surface area contributed by atoms with E-state index in [2.05, 4.69) is 24.4 Å². The van der Waals surface area contributed by atoms with Gasteiger partial charge in [0.15, 0.2) is 0 Å². The van der Waals surface area contributed by atoms with Crippen LogP contribution in [0, 0.1) is 6.92 Å². The molecule has 0 amide bonds. The lowest BCUT2D eigenvalue weighted by molar-refractivity contribution is 0.524. The minimum Gasteiger partial charge on any atom is -0.310 e. The highest BCUT2D eigenvalue weighted by Crippen LogP contribution is 2.20. The van der Waals surface area contributed by atoms with Gasteiger partial charge in [0.1, 0.15) is 0 Å². The molecule has 1 fully saturated rings. The molecule has 1 nitrogen and oxygen atoms in total. The van der Waals surface area contributed by atoms with E-state index < -0.39 is 0 Å². The molecule has 0 aliphatic heterocycles. The molecular formula is C13H18ClN. The van der Waals surface area contributed by atoms with Crippen molar-refractivity contribution in [1.29, 1.82) is 0 Å². The van der Waals surface area contributed by atoms with Gasteiger partial charge in [-0.1, -0.05) is 36.6 Å². The molecule has 0 atom stereocenters. The Kier molecular flexibility index (Phi) is 3.66. The van der Waals surface area contributed by atoms with Crippen LogP contribution in [0.1, 0.15) is 36.8 Å². The lowest BCUT2D eigenvalue weighted by Crippen LogP contribution is -2.25. The highest BCUT2D eigenvalue weighted by Gasteiger charge is 2.14. The second kappa shape index (κ2) is 5.00. The number of nitrogens with one attached hydrogen (secondary N) is 1. The van der Waals surface area contributed by atoms with E-state index in [1.54, 1.807) is 0 Å². The molecular weight excluding hydrogens is 206 g/mol. The Hall–Kier alpha value is -0.530. The van der Waals surface area contributed by atoms with Crippen molar-refractivity contribution in [3.8, 4) is 0 Å². The van der Waals surface area contributed by atoms with Crippen molar-refractivity contribution in [2.75, 3.05) is 0 Å². The maximum Gasteiger partial charge on any atom is 0.0453 e. The van der Waals surface area contributed by atoms with Crippen LogP contribution in [0.4, 0.5) is 0 Å². The second-order valence-corrected chi connectivity index (χ2v) is 4.86. The zero-order valence-electron chi connectivity index (χ0n) is 9.22. The molecule has 2 heteroatoms. The lowest BCUT2D eigenvalue weighted by atomic mass is 10.1. The van der Waals surface area contributed by atoms with Gasteiger partial charge in [0.25, 0.3) is 0 Å². The Bertz CT molecular complexity index is 329. The molecule has 0 saturated heterocycles. The molecule has 0 bridgehead atoms. The first-order valence-electron chi connectivity index (χ1n) is 5.74.